The van der Waals surface area contributed by atoms with Gasteiger partial charge in [-0.25, -0.2) is 0 Å². The van der Waals surface area contributed by atoms with Crippen molar-refractivity contribution in [2.45, 2.75) is 27.7 Å². The first-order chi connectivity index (χ1) is 9.72. The van der Waals surface area contributed by atoms with Crippen molar-refractivity contribution in [2.24, 2.45) is 0 Å². The monoisotopic (exact) mass is 264 g/mol. The number of allylic oxidation sites excluding steroid dienone is 4. The van der Waals surface area contributed by atoms with Crippen LogP contribution in [0.25, 0.3) is 16.7 Å². The number of hydrogen-bond acceptors (Lipinski definition) is 0. The van der Waals surface area contributed by atoms with Gasteiger partial charge in [-0.3, -0.25) is 0 Å². The summed E-state index contributed by atoms with van der Waals surface area (Å²) in [5.74, 6) is 0. The topological polar surface area (TPSA) is 0 Å². The third-order valence-corrected chi connectivity index (χ3v) is 3.21. The van der Waals surface area contributed by atoms with E-state index < -0.39 is 0 Å². The Hall–Kier alpha value is -2.08. The van der Waals surface area contributed by atoms with Gasteiger partial charge in [0.1, 0.15) is 0 Å². The summed E-state index contributed by atoms with van der Waals surface area (Å²) < 4.78 is 0. The van der Waals surface area contributed by atoms with E-state index in [1.165, 1.54) is 22.3 Å². The fraction of sp³-hybridized carbons (Fsp3) is 0.200. The summed E-state index contributed by atoms with van der Waals surface area (Å²) in [6.45, 7) is 8.21. The van der Waals surface area contributed by atoms with Gasteiger partial charge in [0.25, 0.3) is 0 Å². The second-order valence-electron chi connectivity index (χ2n) is 4.58. The molecule has 0 nitrogen and oxygen atoms in total. The number of rotatable bonds is 2. The van der Waals surface area contributed by atoms with E-state index in [1.54, 1.807) is 0 Å². The van der Waals surface area contributed by atoms with Gasteiger partial charge < -0.3 is 0 Å². The average Bonchev–Trinajstić information content (AvgIpc) is 2.55. The Morgan fingerprint density at radius 3 is 1.65 bits per heavy atom. The predicted octanol–water partition coefficient (Wildman–Crippen LogP) is 6.36. The van der Waals surface area contributed by atoms with Crippen molar-refractivity contribution < 1.29 is 0 Å². The van der Waals surface area contributed by atoms with Crippen molar-refractivity contribution in [1.82, 2.24) is 0 Å². The lowest BCUT2D eigenvalue weighted by Crippen LogP contribution is -1.80. The van der Waals surface area contributed by atoms with E-state index in [1.807, 2.05) is 32.1 Å². The van der Waals surface area contributed by atoms with Crippen molar-refractivity contribution in [3.8, 4) is 11.1 Å². The Morgan fingerprint density at radius 1 is 0.700 bits per heavy atom. The van der Waals surface area contributed by atoms with Gasteiger partial charge in [0, 0.05) is 0 Å². The molecular formula is C20H24. The van der Waals surface area contributed by atoms with Crippen molar-refractivity contribution in [3.05, 3.63) is 78.4 Å². The van der Waals surface area contributed by atoms with Crippen LogP contribution in [0.3, 0.4) is 0 Å². The Morgan fingerprint density at radius 2 is 1.20 bits per heavy atom. The molecule has 104 valence electrons. The molecule has 0 aromatic heterocycles. The zero-order chi connectivity index (χ0) is 14.8. The molecule has 0 aliphatic heterocycles. The van der Waals surface area contributed by atoms with Gasteiger partial charge in [-0.15, -0.1) is 0 Å². The van der Waals surface area contributed by atoms with Crippen molar-refractivity contribution in [1.29, 1.82) is 0 Å². The minimum Gasteiger partial charge on any atom is -0.0919 e. The van der Waals surface area contributed by atoms with Crippen LogP contribution in [-0.4, -0.2) is 0 Å². The lowest BCUT2D eigenvalue weighted by atomic mass is 10.0. The maximum absolute atomic E-state index is 2.18. The second-order valence-corrected chi connectivity index (χ2v) is 4.58. The van der Waals surface area contributed by atoms with Crippen LogP contribution in [0.5, 0.6) is 0 Å². The quantitative estimate of drug-likeness (QED) is 0.554. The summed E-state index contributed by atoms with van der Waals surface area (Å²) in [7, 11) is 0. The van der Waals surface area contributed by atoms with E-state index in [0.29, 0.717) is 0 Å². The first kappa shape index (κ1) is 16.0. The molecule has 0 saturated heterocycles. The molecule has 0 aliphatic rings. The smallest absolute Gasteiger partial charge is 0.0184 e. The minimum absolute atomic E-state index is 1.27. The van der Waals surface area contributed by atoms with Crippen LogP contribution in [0.15, 0.2) is 72.8 Å². The molecule has 2 rings (SSSR count). The van der Waals surface area contributed by atoms with Crippen molar-refractivity contribution in [3.63, 3.8) is 0 Å². The van der Waals surface area contributed by atoms with E-state index in [4.69, 9.17) is 0 Å². The van der Waals surface area contributed by atoms with Gasteiger partial charge in [-0.2, -0.15) is 0 Å². The molecular weight excluding hydrogens is 240 g/mol. The lowest BCUT2D eigenvalue weighted by Gasteiger charge is -2.04. The molecule has 2 aromatic carbocycles. The highest BCUT2D eigenvalue weighted by Crippen LogP contribution is 2.21. The van der Waals surface area contributed by atoms with Crippen molar-refractivity contribution >= 4 is 5.57 Å². The zero-order valence-electron chi connectivity index (χ0n) is 12.9. The van der Waals surface area contributed by atoms with Gasteiger partial charge in [0.05, 0.1) is 0 Å². The van der Waals surface area contributed by atoms with E-state index in [-0.39, 0.29) is 0 Å². The summed E-state index contributed by atoms with van der Waals surface area (Å²) in [5.41, 5.74) is 5.15. The van der Waals surface area contributed by atoms with Crippen LogP contribution in [-0.2, 0) is 0 Å². The highest BCUT2D eigenvalue weighted by atomic mass is 14.0. The Labute approximate surface area is 123 Å². The molecule has 0 spiro atoms. The molecule has 20 heavy (non-hydrogen) atoms. The summed E-state index contributed by atoms with van der Waals surface area (Å²) in [4.78, 5) is 0. The Kier molecular flexibility index (Phi) is 7.13. The molecule has 0 N–H and O–H groups in total. The Bertz CT molecular complexity index is 538. The molecule has 0 aliphatic carbocycles. The van der Waals surface area contributed by atoms with Crippen LogP contribution in [0.1, 0.15) is 33.3 Å². The van der Waals surface area contributed by atoms with Crippen LogP contribution >= 0.6 is 0 Å². The first-order valence-corrected chi connectivity index (χ1v) is 7.09. The molecule has 0 saturated carbocycles. The van der Waals surface area contributed by atoms with Crippen LogP contribution < -0.4 is 0 Å². The third-order valence-electron chi connectivity index (χ3n) is 3.21. The van der Waals surface area contributed by atoms with E-state index in [2.05, 4.69) is 68.5 Å². The Balaban J connectivity index is 0.000000444. The molecule has 0 radical (unpaired) electrons. The van der Waals surface area contributed by atoms with Gasteiger partial charge >= 0.3 is 0 Å². The zero-order valence-corrected chi connectivity index (χ0v) is 12.9. The molecule has 0 bridgehead atoms. The SMILES string of the molecule is C/C=C(\C)c1ccc(-c2ccccc2)cc1.C/C=C\C. The van der Waals surface area contributed by atoms with E-state index in [9.17, 15) is 0 Å². The summed E-state index contributed by atoms with van der Waals surface area (Å²) >= 11 is 0. The van der Waals surface area contributed by atoms with Crippen molar-refractivity contribution in [2.75, 3.05) is 0 Å². The van der Waals surface area contributed by atoms with Gasteiger partial charge in [-0.1, -0.05) is 72.8 Å². The molecule has 0 atom stereocenters. The first-order valence-electron chi connectivity index (χ1n) is 7.09. The largest absolute Gasteiger partial charge is 0.0919 e. The fourth-order valence-corrected chi connectivity index (χ4v) is 1.72. The summed E-state index contributed by atoms with van der Waals surface area (Å²) in [6, 6.07) is 19.2. The van der Waals surface area contributed by atoms with Gasteiger partial charge in [0.15, 0.2) is 0 Å². The third kappa shape index (κ3) is 4.89. The number of hydrogen-bond donors (Lipinski definition) is 0. The average molecular weight is 264 g/mol. The molecule has 0 amide bonds. The second kappa shape index (κ2) is 8.92. The standard InChI is InChI=1S/C16H16.C4H8/c1-3-13(2)14-9-11-16(12-10-14)15-7-5-4-6-8-15;1-3-4-2/h3-12H,1-2H3;3-4H,1-2H3/b13-3+;4-3-. The lowest BCUT2D eigenvalue weighted by molar-refractivity contribution is 1.53. The maximum atomic E-state index is 2.18. The highest BCUT2D eigenvalue weighted by molar-refractivity contribution is 5.69. The maximum Gasteiger partial charge on any atom is -0.0184 e. The van der Waals surface area contributed by atoms with E-state index in [0.717, 1.165) is 0 Å². The number of benzene rings is 2. The fourth-order valence-electron chi connectivity index (χ4n) is 1.72. The van der Waals surface area contributed by atoms with Crippen LogP contribution in [0.4, 0.5) is 0 Å². The summed E-state index contributed by atoms with van der Waals surface area (Å²) in [5, 5.41) is 0. The molecule has 2 aromatic rings. The highest BCUT2D eigenvalue weighted by Gasteiger charge is 1.97. The normalized spacial score (nSPS) is 11.1. The molecule has 0 unspecified atom stereocenters. The predicted molar refractivity (Wildman–Crippen MR) is 91.7 cm³/mol. The molecule has 0 heteroatoms. The van der Waals surface area contributed by atoms with E-state index >= 15 is 0 Å². The van der Waals surface area contributed by atoms with Gasteiger partial charge in [0.2, 0.25) is 0 Å². The summed E-state index contributed by atoms with van der Waals surface area (Å²) in [6.07, 6.45) is 6.14. The molecule has 0 heterocycles. The van der Waals surface area contributed by atoms with Gasteiger partial charge in [-0.05, 0) is 50.0 Å². The van der Waals surface area contributed by atoms with Crippen LogP contribution in [0.2, 0.25) is 0 Å². The minimum atomic E-state index is 1.27. The molecule has 0 fully saturated rings. The van der Waals surface area contributed by atoms with Crippen LogP contribution in [0, 0.1) is 0 Å².